The highest BCUT2D eigenvalue weighted by atomic mass is 19.2. The molecule has 0 bridgehead atoms. The van der Waals surface area contributed by atoms with E-state index < -0.39 is 71.8 Å². The van der Waals surface area contributed by atoms with Crippen LogP contribution in [0.4, 0.5) is 13.2 Å². The third kappa shape index (κ3) is 8.21. The minimum atomic E-state index is -1.88. The third-order valence-corrected chi connectivity index (χ3v) is 6.32. The van der Waals surface area contributed by atoms with Gasteiger partial charge in [-0.25, -0.2) is 18.0 Å². The number of H-pyrrole nitrogens is 1. The molecule has 0 saturated heterocycles. The summed E-state index contributed by atoms with van der Waals surface area (Å²) in [5.41, 5.74) is 7.44. The van der Waals surface area contributed by atoms with Crippen molar-refractivity contribution in [3.63, 3.8) is 0 Å². The summed E-state index contributed by atoms with van der Waals surface area (Å²) < 4.78 is 49.9. The third-order valence-electron chi connectivity index (χ3n) is 6.32. The van der Waals surface area contributed by atoms with Gasteiger partial charge in [0.2, 0.25) is 5.91 Å². The van der Waals surface area contributed by atoms with E-state index in [4.69, 9.17) is 15.2 Å². The predicted octanol–water partition coefficient (Wildman–Crippen LogP) is 2.08. The second-order valence-electron chi connectivity index (χ2n) is 9.96. The van der Waals surface area contributed by atoms with E-state index in [1.807, 2.05) is 38.1 Å². The van der Waals surface area contributed by atoms with Crippen LogP contribution in [0.3, 0.4) is 0 Å². The number of aliphatic hydroxyl groups excluding tert-OH is 1. The maximum atomic E-state index is 13.4. The van der Waals surface area contributed by atoms with Crippen LogP contribution in [0.25, 0.3) is 10.9 Å². The average molecular weight is 579 g/mol. The van der Waals surface area contributed by atoms with Crippen LogP contribution in [-0.2, 0) is 25.5 Å². The van der Waals surface area contributed by atoms with Crippen molar-refractivity contribution >= 4 is 28.7 Å². The number of para-hydroxylation sites is 1. The maximum Gasteiger partial charge on any atom is 0.328 e. The van der Waals surface area contributed by atoms with Gasteiger partial charge in [-0.15, -0.1) is 0 Å². The number of nitrogens with two attached hydrogens (primary N) is 1. The van der Waals surface area contributed by atoms with Gasteiger partial charge in [0.1, 0.15) is 24.4 Å². The molecule has 0 unspecified atom stereocenters. The number of carbonyl (C=O) groups is 3. The molecule has 3 rings (SSSR count). The quantitative estimate of drug-likeness (QED) is 0.154. The number of esters is 1. The molecule has 0 aliphatic carbocycles. The molecule has 0 aliphatic rings. The summed E-state index contributed by atoms with van der Waals surface area (Å²) in [4.78, 5) is 41.7. The molecule has 6 N–H and O–H groups in total. The van der Waals surface area contributed by atoms with Crippen molar-refractivity contribution in [3.8, 4) is 5.75 Å². The smallest absolute Gasteiger partial charge is 0.328 e. The van der Waals surface area contributed by atoms with Crippen molar-refractivity contribution in [3.05, 3.63) is 65.6 Å². The number of halogens is 3. The summed E-state index contributed by atoms with van der Waals surface area (Å²) in [7, 11) is 1.19. The summed E-state index contributed by atoms with van der Waals surface area (Å²) in [6.45, 7) is 3.06. The maximum absolute atomic E-state index is 13.4. The van der Waals surface area contributed by atoms with Crippen molar-refractivity contribution in [2.24, 2.45) is 11.7 Å². The van der Waals surface area contributed by atoms with Crippen LogP contribution in [-0.4, -0.2) is 65.8 Å². The van der Waals surface area contributed by atoms with Gasteiger partial charge >= 0.3 is 5.97 Å². The Morgan fingerprint density at radius 2 is 1.66 bits per heavy atom. The van der Waals surface area contributed by atoms with E-state index in [-0.39, 0.29) is 18.8 Å². The first-order valence-electron chi connectivity index (χ1n) is 12.9. The van der Waals surface area contributed by atoms with Gasteiger partial charge in [0, 0.05) is 35.7 Å². The highest BCUT2D eigenvalue weighted by molar-refractivity contribution is 5.92. The Balaban J connectivity index is 1.67. The van der Waals surface area contributed by atoms with Gasteiger partial charge < -0.3 is 35.9 Å². The fourth-order valence-electron chi connectivity index (χ4n) is 4.18. The van der Waals surface area contributed by atoms with Gasteiger partial charge in [0.05, 0.1) is 13.2 Å². The first-order valence-corrected chi connectivity index (χ1v) is 12.9. The number of nitrogens with one attached hydrogen (secondary N) is 3. The van der Waals surface area contributed by atoms with Crippen molar-refractivity contribution in [2.45, 2.75) is 50.9 Å². The summed E-state index contributed by atoms with van der Waals surface area (Å²) in [5, 5.41) is 16.4. The standard InChI is InChI=1S/C28H33F3N4O6/c1-14(2)8-22(34-27(38)25(36)20(32)13-41-16-10-18(29)24(31)19(30)11-16)26(37)35-23(28(39)40-3)9-15-12-33-21-7-5-4-6-17(15)21/h4-7,10-12,14,20,22-23,25,33,36H,8-9,13,32H2,1-3H3,(H,34,38)(H,35,37)/t20-,22+,23+,25+/m1/s1. The SMILES string of the molecule is COC(=O)[C@H](Cc1c[nH]c2ccccc12)NC(=O)[C@H](CC(C)C)NC(=O)[C@@H](O)[C@H](N)COc1cc(F)c(F)c(F)c1. The van der Waals surface area contributed by atoms with E-state index in [0.29, 0.717) is 12.1 Å². The fourth-order valence-corrected chi connectivity index (χ4v) is 4.18. The second kappa shape index (κ2) is 14.0. The van der Waals surface area contributed by atoms with Gasteiger partial charge in [-0.1, -0.05) is 32.0 Å². The Bertz CT molecular complexity index is 1360. The van der Waals surface area contributed by atoms with Gasteiger partial charge in [0.25, 0.3) is 5.91 Å². The number of benzene rings is 2. The van der Waals surface area contributed by atoms with E-state index in [1.54, 1.807) is 6.20 Å². The summed E-state index contributed by atoms with van der Waals surface area (Å²) in [5.74, 6) is -7.49. The molecule has 3 aromatic rings. The number of carbonyl (C=O) groups excluding carboxylic acids is 3. The molecule has 0 fully saturated rings. The number of rotatable bonds is 13. The zero-order chi connectivity index (χ0) is 30.3. The first kappa shape index (κ1) is 31.4. The van der Waals surface area contributed by atoms with Crippen LogP contribution >= 0.6 is 0 Å². The minimum Gasteiger partial charge on any atom is -0.492 e. The van der Waals surface area contributed by atoms with Gasteiger partial charge in [-0.2, -0.15) is 0 Å². The zero-order valence-electron chi connectivity index (χ0n) is 22.7. The minimum absolute atomic E-state index is 0.0753. The summed E-state index contributed by atoms with van der Waals surface area (Å²) in [6, 6.07) is 5.03. The largest absolute Gasteiger partial charge is 0.492 e. The first-order chi connectivity index (χ1) is 19.4. The number of fused-ring (bicyclic) bond motifs is 1. The predicted molar refractivity (Wildman–Crippen MR) is 143 cm³/mol. The molecule has 2 amide bonds. The zero-order valence-corrected chi connectivity index (χ0v) is 22.7. The van der Waals surface area contributed by atoms with Gasteiger partial charge in [-0.05, 0) is 24.0 Å². The number of ether oxygens (including phenoxy) is 2. The summed E-state index contributed by atoms with van der Waals surface area (Å²) >= 11 is 0. The van der Waals surface area contributed by atoms with Crippen LogP contribution in [0.15, 0.2) is 42.6 Å². The van der Waals surface area contributed by atoms with Crippen molar-refractivity contribution in [1.82, 2.24) is 15.6 Å². The Kier molecular flexibility index (Phi) is 10.7. The van der Waals surface area contributed by atoms with Gasteiger partial charge in [0.15, 0.2) is 23.6 Å². The highest BCUT2D eigenvalue weighted by Gasteiger charge is 2.32. The molecule has 41 heavy (non-hydrogen) atoms. The Morgan fingerprint density at radius 1 is 1.02 bits per heavy atom. The van der Waals surface area contributed by atoms with E-state index in [1.165, 1.54) is 7.11 Å². The molecule has 0 aliphatic heterocycles. The molecular formula is C28H33F3N4O6. The number of aromatic amines is 1. The van der Waals surface area contributed by atoms with Crippen LogP contribution in [0.2, 0.25) is 0 Å². The lowest BCUT2D eigenvalue weighted by molar-refractivity contribution is -0.145. The van der Waals surface area contributed by atoms with E-state index in [0.717, 1.165) is 16.5 Å². The van der Waals surface area contributed by atoms with Crippen LogP contribution in [0, 0.1) is 23.4 Å². The van der Waals surface area contributed by atoms with Crippen molar-refractivity contribution in [1.29, 1.82) is 0 Å². The number of aromatic nitrogens is 1. The van der Waals surface area contributed by atoms with Crippen LogP contribution in [0.5, 0.6) is 5.75 Å². The molecule has 0 spiro atoms. The fraction of sp³-hybridized carbons (Fsp3) is 0.393. The average Bonchev–Trinajstić information content (AvgIpc) is 3.35. The van der Waals surface area contributed by atoms with Crippen LogP contribution < -0.4 is 21.1 Å². The lowest BCUT2D eigenvalue weighted by atomic mass is 10.0. The Hall–Kier alpha value is -4.10. The number of hydrogen-bond acceptors (Lipinski definition) is 7. The number of hydrogen-bond donors (Lipinski definition) is 5. The number of methoxy groups -OCH3 is 1. The molecule has 1 aromatic heterocycles. The topological polar surface area (TPSA) is 156 Å². The van der Waals surface area contributed by atoms with Crippen LogP contribution in [0.1, 0.15) is 25.8 Å². The lowest BCUT2D eigenvalue weighted by Crippen LogP contribution is -2.57. The molecule has 10 nitrogen and oxygen atoms in total. The molecular weight excluding hydrogens is 545 g/mol. The van der Waals surface area contributed by atoms with E-state index in [9.17, 15) is 32.7 Å². The molecule has 0 saturated carbocycles. The highest BCUT2D eigenvalue weighted by Crippen LogP contribution is 2.21. The molecule has 1 heterocycles. The lowest BCUT2D eigenvalue weighted by Gasteiger charge is -2.25. The van der Waals surface area contributed by atoms with Crippen molar-refractivity contribution in [2.75, 3.05) is 13.7 Å². The van der Waals surface area contributed by atoms with E-state index in [2.05, 4.69) is 15.6 Å². The molecule has 4 atom stereocenters. The van der Waals surface area contributed by atoms with Crippen molar-refractivity contribution < 1.29 is 42.1 Å². The van der Waals surface area contributed by atoms with Gasteiger partial charge in [-0.3, -0.25) is 9.59 Å². The number of aliphatic hydroxyl groups is 1. The molecule has 222 valence electrons. The summed E-state index contributed by atoms with van der Waals surface area (Å²) in [6.07, 6.45) is 0.121. The molecule has 0 radical (unpaired) electrons. The Labute approximate surface area is 234 Å². The number of amides is 2. The Morgan fingerprint density at radius 3 is 2.29 bits per heavy atom. The monoisotopic (exact) mass is 578 g/mol. The second-order valence-corrected chi connectivity index (χ2v) is 9.96. The molecule has 13 heteroatoms. The normalized spacial score (nSPS) is 14.3. The van der Waals surface area contributed by atoms with E-state index >= 15 is 0 Å². The molecule has 2 aromatic carbocycles.